The van der Waals surface area contributed by atoms with Crippen molar-refractivity contribution in [3.63, 3.8) is 0 Å². The lowest BCUT2D eigenvalue weighted by Crippen LogP contribution is -2.49. The second-order valence-corrected chi connectivity index (χ2v) is 7.22. The SMILES string of the molecule is CC(C)[C@H](NC(=O)Cc1ccccc1)C(=O)NCc1ccc(OCC(F)(F)F)cc1. The topological polar surface area (TPSA) is 67.4 Å². The zero-order chi connectivity index (χ0) is 22.1. The minimum Gasteiger partial charge on any atom is -0.484 e. The third-order valence-electron chi connectivity index (χ3n) is 4.27. The fraction of sp³-hybridized carbons (Fsp3) is 0.364. The van der Waals surface area contributed by atoms with E-state index in [4.69, 9.17) is 0 Å². The van der Waals surface area contributed by atoms with Crippen molar-refractivity contribution < 1.29 is 27.5 Å². The fourth-order valence-electron chi connectivity index (χ4n) is 2.71. The second-order valence-electron chi connectivity index (χ2n) is 7.22. The Hall–Kier alpha value is -3.03. The fourth-order valence-corrected chi connectivity index (χ4v) is 2.71. The smallest absolute Gasteiger partial charge is 0.422 e. The Balaban J connectivity index is 1.86. The van der Waals surface area contributed by atoms with E-state index in [9.17, 15) is 22.8 Å². The van der Waals surface area contributed by atoms with Crippen molar-refractivity contribution >= 4 is 11.8 Å². The maximum atomic E-state index is 12.6. The molecule has 0 radical (unpaired) electrons. The molecule has 0 unspecified atom stereocenters. The van der Waals surface area contributed by atoms with Crippen molar-refractivity contribution in [2.24, 2.45) is 5.92 Å². The van der Waals surface area contributed by atoms with Gasteiger partial charge in [0.15, 0.2) is 6.61 Å². The lowest BCUT2D eigenvalue weighted by atomic mass is 10.0. The quantitative estimate of drug-likeness (QED) is 0.649. The first-order chi connectivity index (χ1) is 14.1. The number of carbonyl (C=O) groups is 2. The Morgan fingerprint density at radius 2 is 1.60 bits per heavy atom. The Bertz CT molecular complexity index is 822. The number of benzene rings is 2. The molecule has 2 aromatic carbocycles. The van der Waals surface area contributed by atoms with Gasteiger partial charge in [0.25, 0.3) is 0 Å². The minimum absolute atomic E-state index is 0.0932. The molecule has 2 rings (SSSR count). The highest BCUT2D eigenvalue weighted by Gasteiger charge is 2.28. The molecule has 0 aromatic heterocycles. The van der Waals surface area contributed by atoms with Crippen molar-refractivity contribution in [2.45, 2.75) is 39.0 Å². The molecule has 0 aliphatic carbocycles. The molecule has 2 N–H and O–H groups in total. The Kier molecular flexibility index (Phi) is 8.26. The first kappa shape index (κ1) is 23.3. The Morgan fingerprint density at radius 3 is 2.17 bits per heavy atom. The largest absolute Gasteiger partial charge is 0.484 e. The molecule has 0 saturated carbocycles. The molecule has 1 atom stereocenters. The number of alkyl halides is 3. The van der Waals surface area contributed by atoms with Crippen molar-refractivity contribution in [3.05, 3.63) is 65.7 Å². The van der Waals surface area contributed by atoms with E-state index in [2.05, 4.69) is 15.4 Å². The van der Waals surface area contributed by atoms with Gasteiger partial charge in [-0.15, -0.1) is 0 Å². The zero-order valence-corrected chi connectivity index (χ0v) is 16.8. The molecule has 2 aromatic rings. The molecule has 0 fully saturated rings. The van der Waals surface area contributed by atoms with Gasteiger partial charge in [-0.3, -0.25) is 9.59 Å². The van der Waals surface area contributed by atoms with E-state index in [1.807, 2.05) is 44.2 Å². The van der Waals surface area contributed by atoms with E-state index in [1.165, 1.54) is 12.1 Å². The van der Waals surface area contributed by atoms with Crippen LogP contribution in [0.1, 0.15) is 25.0 Å². The summed E-state index contributed by atoms with van der Waals surface area (Å²) >= 11 is 0. The monoisotopic (exact) mass is 422 g/mol. The lowest BCUT2D eigenvalue weighted by molar-refractivity contribution is -0.153. The third kappa shape index (κ3) is 8.14. The van der Waals surface area contributed by atoms with Gasteiger partial charge in [0.2, 0.25) is 11.8 Å². The number of nitrogens with one attached hydrogen (secondary N) is 2. The molecule has 0 heterocycles. The van der Waals surface area contributed by atoms with Crippen LogP contribution in [0.5, 0.6) is 5.75 Å². The number of hydrogen-bond donors (Lipinski definition) is 2. The summed E-state index contributed by atoms with van der Waals surface area (Å²) in [7, 11) is 0. The average molecular weight is 422 g/mol. The van der Waals surface area contributed by atoms with Gasteiger partial charge in [-0.1, -0.05) is 56.3 Å². The van der Waals surface area contributed by atoms with Crippen LogP contribution in [0.4, 0.5) is 13.2 Å². The number of halogens is 3. The number of carbonyl (C=O) groups excluding carboxylic acids is 2. The maximum Gasteiger partial charge on any atom is 0.422 e. The molecule has 30 heavy (non-hydrogen) atoms. The van der Waals surface area contributed by atoms with Crippen LogP contribution >= 0.6 is 0 Å². The first-order valence-electron chi connectivity index (χ1n) is 9.53. The van der Waals surface area contributed by atoms with E-state index in [0.29, 0.717) is 5.56 Å². The van der Waals surface area contributed by atoms with Crippen LogP contribution in [0.25, 0.3) is 0 Å². The predicted molar refractivity (Wildman–Crippen MR) is 107 cm³/mol. The summed E-state index contributed by atoms with van der Waals surface area (Å²) in [6, 6.07) is 14.5. The second kappa shape index (κ2) is 10.7. The van der Waals surface area contributed by atoms with Crippen LogP contribution in [0, 0.1) is 5.92 Å². The van der Waals surface area contributed by atoms with Crippen molar-refractivity contribution in [3.8, 4) is 5.75 Å². The standard InChI is InChI=1S/C22H25F3N2O3/c1-15(2)20(27-19(28)12-16-6-4-3-5-7-16)21(29)26-13-17-8-10-18(11-9-17)30-14-22(23,24)25/h3-11,15,20H,12-14H2,1-2H3,(H,26,29)(H,27,28)/t20-/m0/s1. The van der Waals surface area contributed by atoms with Crippen LogP contribution in [0.15, 0.2) is 54.6 Å². The summed E-state index contributed by atoms with van der Waals surface area (Å²) in [5, 5.41) is 5.51. The van der Waals surface area contributed by atoms with Gasteiger partial charge in [0.05, 0.1) is 6.42 Å². The summed E-state index contributed by atoms with van der Waals surface area (Å²) < 4.78 is 41.2. The van der Waals surface area contributed by atoms with Crippen LogP contribution in [0.2, 0.25) is 0 Å². The molecule has 162 valence electrons. The summed E-state index contributed by atoms with van der Waals surface area (Å²) in [5.41, 5.74) is 1.55. The molecule has 2 amide bonds. The molecule has 0 bridgehead atoms. The highest BCUT2D eigenvalue weighted by molar-refractivity contribution is 5.88. The summed E-state index contributed by atoms with van der Waals surface area (Å²) in [4.78, 5) is 24.8. The summed E-state index contributed by atoms with van der Waals surface area (Å²) in [6.45, 7) is 2.48. The van der Waals surface area contributed by atoms with E-state index >= 15 is 0 Å². The minimum atomic E-state index is -4.40. The van der Waals surface area contributed by atoms with E-state index in [0.717, 1.165) is 5.56 Å². The molecular weight excluding hydrogens is 397 g/mol. The van der Waals surface area contributed by atoms with Gasteiger partial charge in [-0.05, 0) is 29.2 Å². The normalized spacial score (nSPS) is 12.3. The number of amides is 2. The Morgan fingerprint density at radius 1 is 0.967 bits per heavy atom. The summed E-state index contributed by atoms with van der Waals surface area (Å²) in [6.07, 6.45) is -4.22. The van der Waals surface area contributed by atoms with Gasteiger partial charge >= 0.3 is 6.18 Å². The number of ether oxygens (including phenoxy) is 1. The molecule has 0 aliphatic rings. The van der Waals surface area contributed by atoms with Crippen LogP contribution in [-0.4, -0.2) is 30.6 Å². The van der Waals surface area contributed by atoms with Gasteiger partial charge in [-0.25, -0.2) is 0 Å². The van der Waals surface area contributed by atoms with Crippen molar-refractivity contribution in [2.75, 3.05) is 6.61 Å². The highest BCUT2D eigenvalue weighted by atomic mass is 19.4. The van der Waals surface area contributed by atoms with Crippen molar-refractivity contribution in [1.29, 1.82) is 0 Å². The lowest BCUT2D eigenvalue weighted by Gasteiger charge is -2.22. The first-order valence-corrected chi connectivity index (χ1v) is 9.53. The predicted octanol–water partition coefficient (Wildman–Crippen LogP) is 3.63. The van der Waals surface area contributed by atoms with Crippen LogP contribution in [0.3, 0.4) is 0 Å². The molecule has 8 heteroatoms. The molecular formula is C22H25F3N2O3. The maximum absolute atomic E-state index is 12.6. The number of rotatable bonds is 9. The van der Waals surface area contributed by atoms with Gasteiger partial charge in [0.1, 0.15) is 11.8 Å². The van der Waals surface area contributed by atoms with E-state index in [-0.39, 0.29) is 36.4 Å². The zero-order valence-electron chi connectivity index (χ0n) is 16.8. The van der Waals surface area contributed by atoms with Crippen LogP contribution < -0.4 is 15.4 Å². The highest BCUT2D eigenvalue weighted by Crippen LogP contribution is 2.19. The molecule has 0 spiro atoms. The van der Waals surface area contributed by atoms with Crippen LogP contribution in [-0.2, 0) is 22.6 Å². The third-order valence-corrected chi connectivity index (χ3v) is 4.27. The van der Waals surface area contributed by atoms with E-state index in [1.54, 1.807) is 12.1 Å². The Labute approximate surface area is 173 Å². The summed E-state index contributed by atoms with van der Waals surface area (Å²) in [5.74, 6) is -0.608. The average Bonchev–Trinajstić information content (AvgIpc) is 2.69. The molecule has 5 nitrogen and oxygen atoms in total. The molecule has 0 aliphatic heterocycles. The van der Waals surface area contributed by atoms with Gasteiger partial charge < -0.3 is 15.4 Å². The van der Waals surface area contributed by atoms with Gasteiger partial charge in [-0.2, -0.15) is 13.2 Å². The van der Waals surface area contributed by atoms with E-state index < -0.39 is 18.8 Å². The number of hydrogen-bond acceptors (Lipinski definition) is 3. The molecule has 0 saturated heterocycles. The van der Waals surface area contributed by atoms with Gasteiger partial charge in [0, 0.05) is 6.54 Å². The van der Waals surface area contributed by atoms with Crippen molar-refractivity contribution in [1.82, 2.24) is 10.6 Å².